The van der Waals surface area contributed by atoms with Crippen molar-refractivity contribution in [3.63, 3.8) is 0 Å². The van der Waals surface area contributed by atoms with Crippen LogP contribution in [0.4, 0.5) is 5.69 Å². The number of carbonyl (C=O) groups excluding carboxylic acids is 1. The van der Waals surface area contributed by atoms with E-state index in [2.05, 4.69) is 47.3 Å². The van der Waals surface area contributed by atoms with E-state index in [4.69, 9.17) is 0 Å². The molecule has 4 nitrogen and oxygen atoms in total. The lowest BCUT2D eigenvalue weighted by atomic mass is 10.0. The van der Waals surface area contributed by atoms with E-state index in [1.54, 1.807) is 0 Å². The van der Waals surface area contributed by atoms with Gasteiger partial charge in [-0.1, -0.05) is 55.9 Å². The SMILES string of the molecule is CCc1cccc(CC)c1NC(=O)CSc1nc2ccccc2nc1C. The number of thioether (sulfide) groups is 1. The molecule has 26 heavy (non-hydrogen) atoms. The minimum absolute atomic E-state index is 0.0139. The monoisotopic (exact) mass is 365 g/mol. The minimum atomic E-state index is -0.0139. The number of nitrogens with one attached hydrogen (secondary N) is 1. The summed E-state index contributed by atoms with van der Waals surface area (Å²) in [7, 11) is 0. The van der Waals surface area contributed by atoms with Crippen LogP contribution in [0.5, 0.6) is 0 Å². The zero-order valence-corrected chi connectivity index (χ0v) is 16.2. The average molecular weight is 366 g/mol. The van der Waals surface area contributed by atoms with Crippen molar-refractivity contribution in [2.45, 2.75) is 38.6 Å². The van der Waals surface area contributed by atoms with E-state index >= 15 is 0 Å². The molecule has 0 bridgehead atoms. The molecule has 1 aromatic heterocycles. The lowest BCUT2D eigenvalue weighted by Crippen LogP contribution is -2.17. The van der Waals surface area contributed by atoms with E-state index in [-0.39, 0.29) is 5.91 Å². The molecule has 2 aromatic carbocycles. The van der Waals surface area contributed by atoms with E-state index in [0.717, 1.165) is 40.3 Å². The number of hydrogen-bond acceptors (Lipinski definition) is 4. The highest BCUT2D eigenvalue weighted by molar-refractivity contribution is 8.00. The lowest BCUT2D eigenvalue weighted by Gasteiger charge is -2.14. The molecule has 0 saturated heterocycles. The molecule has 1 heterocycles. The molecule has 134 valence electrons. The zero-order chi connectivity index (χ0) is 18.5. The Hall–Kier alpha value is -2.40. The van der Waals surface area contributed by atoms with Crippen LogP contribution in [0.3, 0.4) is 0 Å². The Labute approximate surface area is 158 Å². The molecule has 1 N–H and O–H groups in total. The van der Waals surface area contributed by atoms with Gasteiger partial charge in [-0.25, -0.2) is 9.97 Å². The molecule has 5 heteroatoms. The summed E-state index contributed by atoms with van der Waals surface area (Å²) >= 11 is 1.43. The summed E-state index contributed by atoms with van der Waals surface area (Å²) in [5.41, 5.74) is 5.89. The van der Waals surface area contributed by atoms with E-state index in [9.17, 15) is 4.79 Å². The number of para-hydroxylation sites is 3. The summed E-state index contributed by atoms with van der Waals surface area (Å²) in [6.45, 7) is 6.14. The van der Waals surface area contributed by atoms with Gasteiger partial charge >= 0.3 is 0 Å². The maximum atomic E-state index is 12.5. The number of amides is 1. The Morgan fingerprint density at radius 2 is 1.58 bits per heavy atom. The Morgan fingerprint density at radius 1 is 0.962 bits per heavy atom. The molecule has 0 spiro atoms. The summed E-state index contributed by atoms with van der Waals surface area (Å²) in [6, 6.07) is 14.0. The smallest absolute Gasteiger partial charge is 0.234 e. The highest BCUT2D eigenvalue weighted by Gasteiger charge is 2.12. The van der Waals surface area contributed by atoms with Gasteiger partial charge in [-0.05, 0) is 43.0 Å². The van der Waals surface area contributed by atoms with Gasteiger partial charge < -0.3 is 5.32 Å². The molecule has 1 amide bonds. The van der Waals surface area contributed by atoms with Gasteiger partial charge in [0.2, 0.25) is 5.91 Å². The van der Waals surface area contributed by atoms with E-state index in [1.807, 2.05) is 31.2 Å². The van der Waals surface area contributed by atoms with Crippen molar-refractivity contribution in [2.75, 3.05) is 11.1 Å². The first-order valence-corrected chi connectivity index (χ1v) is 9.87. The van der Waals surface area contributed by atoms with Crippen molar-refractivity contribution in [1.82, 2.24) is 9.97 Å². The van der Waals surface area contributed by atoms with Crippen LogP contribution in [-0.4, -0.2) is 21.6 Å². The maximum absolute atomic E-state index is 12.5. The van der Waals surface area contributed by atoms with Crippen molar-refractivity contribution in [3.05, 3.63) is 59.3 Å². The highest BCUT2D eigenvalue weighted by atomic mass is 32.2. The van der Waals surface area contributed by atoms with Crippen LogP contribution in [0.2, 0.25) is 0 Å². The molecular formula is C21H23N3OS. The van der Waals surface area contributed by atoms with Crippen molar-refractivity contribution >= 4 is 34.4 Å². The van der Waals surface area contributed by atoms with E-state index in [0.29, 0.717) is 5.75 Å². The van der Waals surface area contributed by atoms with Crippen LogP contribution in [0.25, 0.3) is 11.0 Å². The third-order valence-corrected chi connectivity index (χ3v) is 5.37. The second-order valence-corrected chi connectivity index (χ2v) is 7.06. The summed E-state index contributed by atoms with van der Waals surface area (Å²) in [5, 5.41) is 3.90. The van der Waals surface area contributed by atoms with Gasteiger partial charge in [0.1, 0.15) is 5.03 Å². The van der Waals surface area contributed by atoms with Crippen LogP contribution in [0, 0.1) is 6.92 Å². The van der Waals surface area contributed by atoms with Crippen molar-refractivity contribution in [2.24, 2.45) is 0 Å². The Morgan fingerprint density at radius 3 is 2.19 bits per heavy atom. The molecule has 0 radical (unpaired) electrons. The van der Waals surface area contributed by atoms with Gasteiger partial charge in [0.25, 0.3) is 0 Å². The molecule has 0 aliphatic carbocycles. The Bertz CT molecular complexity index is 917. The van der Waals surface area contributed by atoms with Crippen LogP contribution < -0.4 is 5.32 Å². The first-order valence-electron chi connectivity index (χ1n) is 8.89. The third kappa shape index (κ3) is 4.05. The van der Waals surface area contributed by atoms with Gasteiger partial charge in [0, 0.05) is 5.69 Å². The Kier molecular flexibility index (Phi) is 5.89. The summed E-state index contributed by atoms with van der Waals surface area (Å²) < 4.78 is 0. The minimum Gasteiger partial charge on any atom is -0.325 e. The number of carbonyl (C=O) groups is 1. The predicted molar refractivity (Wildman–Crippen MR) is 109 cm³/mol. The zero-order valence-electron chi connectivity index (χ0n) is 15.4. The maximum Gasteiger partial charge on any atom is 0.234 e. The summed E-state index contributed by atoms with van der Waals surface area (Å²) in [6.07, 6.45) is 1.79. The Balaban J connectivity index is 1.73. The largest absolute Gasteiger partial charge is 0.325 e. The topological polar surface area (TPSA) is 54.9 Å². The molecule has 0 aliphatic rings. The number of benzene rings is 2. The van der Waals surface area contributed by atoms with Gasteiger partial charge in [0.15, 0.2) is 0 Å². The third-order valence-electron chi connectivity index (χ3n) is 4.30. The molecule has 0 aliphatic heterocycles. The molecule has 0 fully saturated rings. The highest BCUT2D eigenvalue weighted by Crippen LogP contribution is 2.25. The normalized spacial score (nSPS) is 10.9. The lowest BCUT2D eigenvalue weighted by molar-refractivity contribution is -0.113. The molecule has 3 aromatic rings. The van der Waals surface area contributed by atoms with Crippen LogP contribution >= 0.6 is 11.8 Å². The predicted octanol–water partition coefficient (Wildman–Crippen LogP) is 4.79. The summed E-state index contributed by atoms with van der Waals surface area (Å²) in [5.74, 6) is 0.301. The quantitative estimate of drug-likeness (QED) is 0.638. The first kappa shape index (κ1) is 18.4. The van der Waals surface area contributed by atoms with Crippen LogP contribution in [0.1, 0.15) is 30.7 Å². The molecule has 0 saturated carbocycles. The van der Waals surface area contributed by atoms with Gasteiger partial charge in [-0.3, -0.25) is 4.79 Å². The number of fused-ring (bicyclic) bond motifs is 1. The first-order chi connectivity index (χ1) is 12.6. The van der Waals surface area contributed by atoms with Crippen molar-refractivity contribution < 1.29 is 4.79 Å². The van der Waals surface area contributed by atoms with E-state index in [1.165, 1.54) is 22.9 Å². The fourth-order valence-electron chi connectivity index (χ4n) is 2.92. The van der Waals surface area contributed by atoms with Crippen molar-refractivity contribution in [3.8, 4) is 0 Å². The number of rotatable bonds is 6. The van der Waals surface area contributed by atoms with Crippen molar-refractivity contribution in [1.29, 1.82) is 0 Å². The van der Waals surface area contributed by atoms with Crippen LogP contribution in [0.15, 0.2) is 47.5 Å². The number of aromatic nitrogens is 2. The summed E-state index contributed by atoms with van der Waals surface area (Å²) in [4.78, 5) is 21.7. The number of nitrogens with zero attached hydrogens (tertiary/aromatic N) is 2. The van der Waals surface area contributed by atoms with Gasteiger partial charge in [-0.2, -0.15) is 0 Å². The van der Waals surface area contributed by atoms with E-state index < -0.39 is 0 Å². The molecule has 3 rings (SSSR count). The second-order valence-electron chi connectivity index (χ2n) is 6.10. The number of hydrogen-bond donors (Lipinski definition) is 1. The molecule has 0 atom stereocenters. The van der Waals surface area contributed by atoms with Crippen LogP contribution in [-0.2, 0) is 17.6 Å². The van der Waals surface area contributed by atoms with Gasteiger partial charge in [0.05, 0.1) is 22.5 Å². The molecular weight excluding hydrogens is 342 g/mol. The average Bonchev–Trinajstić information content (AvgIpc) is 2.66. The number of anilines is 1. The molecule has 0 unspecified atom stereocenters. The standard InChI is InChI=1S/C21H23N3OS/c1-4-15-9-8-10-16(5-2)20(15)24-19(25)13-26-21-14(3)22-17-11-6-7-12-18(17)23-21/h6-12H,4-5,13H2,1-3H3,(H,24,25). The second kappa shape index (κ2) is 8.32. The fraction of sp³-hybridized carbons (Fsp3) is 0.286. The fourth-order valence-corrected chi connectivity index (χ4v) is 3.68. The van der Waals surface area contributed by atoms with Gasteiger partial charge in [-0.15, -0.1) is 0 Å². The number of aryl methyl sites for hydroxylation is 3.